The lowest BCUT2D eigenvalue weighted by Crippen LogP contribution is -2.00. The molecule has 3 heteroatoms. The van der Waals surface area contributed by atoms with Gasteiger partial charge in [0.05, 0.1) is 0 Å². The Morgan fingerprint density at radius 2 is 1.73 bits per heavy atom. The fraction of sp³-hybridized carbons (Fsp3) is 0.333. The molecule has 0 unspecified atom stereocenters. The Morgan fingerprint density at radius 3 is 2.33 bits per heavy atom. The molecule has 1 aromatic rings. The van der Waals surface area contributed by atoms with E-state index in [1.807, 2.05) is 18.2 Å². The summed E-state index contributed by atoms with van der Waals surface area (Å²) in [6, 6.07) is 9.12. The van der Waals surface area contributed by atoms with E-state index in [0.717, 1.165) is 5.56 Å². The number of aliphatic carboxylic acids is 1. The van der Waals surface area contributed by atoms with Crippen LogP contribution in [-0.4, -0.2) is 21.7 Å². The maximum atomic E-state index is 11.6. The Morgan fingerprint density at radius 1 is 1.13 bits per heavy atom. The van der Waals surface area contributed by atoms with E-state index in [9.17, 15) is 4.79 Å². The third-order valence-electron chi connectivity index (χ3n) is 2.15. The summed E-state index contributed by atoms with van der Waals surface area (Å²) >= 11 is 0. The van der Waals surface area contributed by atoms with E-state index in [2.05, 4.69) is 0 Å². The van der Waals surface area contributed by atoms with Crippen LogP contribution in [-0.2, 0) is 0 Å². The van der Waals surface area contributed by atoms with Crippen LogP contribution in [0.5, 0.6) is 0 Å². The first-order valence-electron chi connectivity index (χ1n) is 5.02. The molecule has 2 N–H and O–H groups in total. The summed E-state index contributed by atoms with van der Waals surface area (Å²) < 4.78 is 0. The molecular formula is C12H15O3+. The molecule has 15 heavy (non-hydrogen) atoms. The van der Waals surface area contributed by atoms with Crippen molar-refractivity contribution in [2.24, 2.45) is 0 Å². The summed E-state index contributed by atoms with van der Waals surface area (Å²) in [5, 5.41) is 8.52. The van der Waals surface area contributed by atoms with E-state index < -0.39 is 5.97 Å². The minimum Gasteiger partial charge on any atom is -0.339 e. The van der Waals surface area contributed by atoms with Gasteiger partial charge in [0.15, 0.2) is 5.78 Å². The molecule has 0 spiro atoms. The second-order valence-electron chi connectivity index (χ2n) is 3.41. The summed E-state index contributed by atoms with van der Waals surface area (Å²) in [6.45, 7) is 0. The first-order chi connectivity index (χ1) is 7.20. The van der Waals surface area contributed by atoms with Crippen molar-refractivity contribution in [2.75, 3.05) is 0 Å². The number of hydrogen-bond donors (Lipinski definition) is 1. The lowest BCUT2D eigenvalue weighted by molar-refractivity contribution is 0.0979. The molecule has 0 saturated carbocycles. The van der Waals surface area contributed by atoms with Gasteiger partial charge in [-0.15, -0.1) is 0 Å². The van der Waals surface area contributed by atoms with Gasteiger partial charge in [0.1, 0.15) is 6.42 Å². The second kappa shape index (κ2) is 5.96. The van der Waals surface area contributed by atoms with Crippen LogP contribution in [0.25, 0.3) is 0 Å². The average Bonchev–Trinajstić information content (AvgIpc) is 2.25. The van der Waals surface area contributed by atoms with Crippen molar-refractivity contribution in [3.05, 3.63) is 35.9 Å². The predicted octanol–water partition coefficient (Wildman–Crippen LogP) is 2.49. The van der Waals surface area contributed by atoms with E-state index in [1.54, 1.807) is 12.1 Å². The maximum absolute atomic E-state index is 11.6. The quantitative estimate of drug-likeness (QED) is 0.442. The molecule has 0 aliphatic carbocycles. The highest BCUT2D eigenvalue weighted by Gasteiger charge is 2.07. The molecule has 0 bridgehead atoms. The van der Waals surface area contributed by atoms with Gasteiger partial charge in [0, 0.05) is 12.0 Å². The number of benzene rings is 1. The van der Waals surface area contributed by atoms with Crippen LogP contribution < -0.4 is 0 Å². The van der Waals surface area contributed by atoms with Crippen LogP contribution in [0, 0.1) is 0 Å². The van der Waals surface area contributed by atoms with Gasteiger partial charge >= 0.3 is 5.97 Å². The monoisotopic (exact) mass is 207 g/mol. The summed E-state index contributed by atoms with van der Waals surface area (Å²) in [7, 11) is 0. The second-order valence-corrected chi connectivity index (χ2v) is 3.41. The fourth-order valence-corrected chi connectivity index (χ4v) is 1.34. The number of Topliss-reactive ketones (excluding diaryl/α,β-unsaturated/α-hetero) is 1. The number of aliphatic hydroxyl groups excluding tert-OH is 1. The number of hydrogen-bond acceptors (Lipinski definition) is 1. The molecule has 0 atom stereocenters. The zero-order valence-electron chi connectivity index (χ0n) is 8.52. The van der Waals surface area contributed by atoms with Crippen LogP contribution >= 0.6 is 0 Å². The van der Waals surface area contributed by atoms with Gasteiger partial charge in [-0.05, 0) is 12.8 Å². The number of unbranched alkanes of at least 4 members (excludes halogenated alkanes) is 1. The molecule has 0 heterocycles. The summed E-state index contributed by atoms with van der Waals surface area (Å²) in [4.78, 5) is 20.1. The molecule has 1 aromatic carbocycles. The third kappa shape index (κ3) is 4.40. The molecule has 0 fully saturated rings. The fourth-order valence-electron chi connectivity index (χ4n) is 1.34. The number of carbonyl (C=O) groups is 1. The lowest BCUT2D eigenvalue weighted by Gasteiger charge is -1.98. The Hall–Kier alpha value is -1.64. The number of rotatable bonds is 6. The standard InChI is InChI=1S/C12H14O3/c13-11(8-4-5-9-12(14)15)10-6-2-1-3-7-10/h1-3,6-7H,4-5,8-9H2,(H,14,15)/p+1. The minimum absolute atomic E-state index is 0.105. The highest BCUT2D eigenvalue weighted by Crippen LogP contribution is 2.07. The van der Waals surface area contributed by atoms with Crippen LogP contribution in [0.15, 0.2) is 30.3 Å². The van der Waals surface area contributed by atoms with Crippen molar-refractivity contribution >= 4 is 11.8 Å². The molecule has 0 aliphatic rings. The van der Waals surface area contributed by atoms with Gasteiger partial charge < -0.3 is 9.90 Å². The number of carboxylic acid groups (broad SMARTS) is 1. The van der Waals surface area contributed by atoms with Gasteiger partial charge in [-0.2, -0.15) is 0 Å². The van der Waals surface area contributed by atoms with Gasteiger partial charge in [-0.1, -0.05) is 30.3 Å². The number of carboxylic acids is 1. The maximum Gasteiger partial charge on any atom is 0.480 e. The van der Waals surface area contributed by atoms with Crippen molar-refractivity contribution in [1.29, 1.82) is 0 Å². The molecular weight excluding hydrogens is 192 g/mol. The number of ketones is 1. The SMILES string of the molecule is O=C(CCCCC(O)=[OH+])c1ccccc1. The highest BCUT2D eigenvalue weighted by atomic mass is 16.4. The van der Waals surface area contributed by atoms with Gasteiger partial charge in [0.25, 0.3) is 0 Å². The van der Waals surface area contributed by atoms with E-state index in [-0.39, 0.29) is 12.2 Å². The van der Waals surface area contributed by atoms with Crippen LogP contribution in [0.2, 0.25) is 0 Å². The third-order valence-corrected chi connectivity index (χ3v) is 2.15. The highest BCUT2D eigenvalue weighted by molar-refractivity contribution is 5.95. The van der Waals surface area contributed by atoms with Gasteiger partial charge in [0.2, 0.25) is 0 Å². The normalized spacial score (nSPS) is 9.87. The largest absolute Gasteiger partial charge is 0.480 e. The zero-order chi connectivity index (χ0) is 11.1. The molecule has 0 radical (unpaired) electrons. The summed E-state index contributed by atoms with van der Waals surface area (Å²) in [5.74, 6) is -0.449. The average molecular weight is 207 g/mol. The summed E-state index contributed by atoms with van der Waals surface area (Å²) in [5.41, 5.74) is 0.717. The van der Waals surface area contributed by atoms with Crippen molar-refractivity contribution in [1.82, 2.24) is 0 Å². The topological polar surface area (TPSA) is 58.7 Å². The first kappa shape index (κ1) is 11.4. The molecule has 0 aliphatic heterocycles. The molecule has 3 nitrogen and oxygen atoms in total. The van der Waals surface area contributed by atoms with Crippen molar-refractivity contribution in [2.45, 2.75) is 25.7 Å². The minimum atomic E-state index is -0.554. The summed E-state index contributed by atoms with van der Waals surface area (Å²) in [6.07, 6.45) is 2.01. The van der Waals surface area contributed by atoms with Crippen molar-refractivity contribution in [3.8, 4) is 0 Å². The van der Waals surface area contributed by atoms with E-state index in [4.69, 9.17) is 9.90 Å². The van der Waals surface area contributed by atoms with Gasteiger partial charge in [-0.25, -0.2) is 0 Å². The first-order valence-corrected chi connectivity index (χ1v) is 5.02. The molecule has 1 rings (SSSR count). The smallest absolute Gasteiger partial charge is 0.339 e. The molecule has 0 aromatic heterocycles. The van der Waals surface area contributed by atoms with Crippen LogP contribution in [0.3, 0.4) is 0 Å². The van der Waals surface area contributed by atoms with Crippen LogP contribution in [0.1, 0.15) is 36.0 Å². The van der Waals surface area contributed by atoms with E-state index >= 15 is 0 Å². The van der Waals surface area contributed by atoms with Crippen LogP contribution in [0.4, 0.5) is 0 Å². The van der Waals surface area contributed by atoms with Crippen molar-refractivity contribution < 1.29 is 14.7 Å². The Balaban J connectivity index is 2.28. The molecule has 80 valence electrons. The van der Waals surface area contributed by atoms with E-state index in [1.165, 1.54) is 0 Å². The Bertz CT molecular complexity index is 330. The zero-order valence-corrected chi connectivity index (χ0v) is 8.52. The Labute approximate surface area is 88.7 Å². The van der Waals surface area contributed by atoms with Gasteiger partial charge in [-0.3, -0.25) is 4.79 Å². The number of carbonyl (C=O) groups excluding carboxylic acids is 1. The Kier molecular flexibility index (Phi) is 4.54. The predicted molar refractivity (Wildman–Crippen MR) is 58.8 cm³/mol. The molecule has 0 amide bonds. The molecule has 0 saturated heterocycles. The van der Waals surface area contributed by atoms with Crippen molar-refractivity contribution in [3.63, 3.8) is 0 Å². The van der Waals surface area contributed by atoms with E-state index in [0.29, 0.717) is 19.3 Å². The lowest BCUT2D eigenvalue weighted by atomic mass is 10.1.